The second kappa shape index (κ2) is 9.17. The van der Waals surface area contributed by atoms with Crippen LogP contribution in [0, 0.1) is 0 Å². The minimum absolute atomic E-state index is 0.0142. The van der Waals surface area contributed by atoms with Crippen LogP contribution < -0.4 is 10.6 Å². The number of ether oxygens (including phenoxy) is 1. The molecule has 154 valence electrons. The summed E-state index contributed by atoms with van der Waals surface area (Å²) in [5.41, 5.74) is 2.12. The molecule has 1 fully saturated rings. The zero-order valence-corrected chi connectivity index (χ0v) is 16.9. The lowest BCUT2D eigenvalue weighted by Crippen LogP contribution is -2.49. The maximum Gasteiger partial charge on any atom is 0.251 e. The summed E-state index contributed by atoms with van der Waals surface area (Å²) in [7, 11) is -2.25. The second-order valence-electron chi connectivity index (χ2n) is 6.60. The third-order valence-electron chi connectivity index (χ3n) is 4.59. The van der Waals surface area contributed by atoms with Gasteiger partial charge < -0.3 is 15.4 Å². The molecular weight excluding hydrogens is 394 g/mol. The van der Waals surface area contributed by atoms with Crippen LogP contribution in [-0.2, 0) is 32.7 Å². The molecule has 8 nitrogen and oxygen atoms in total. The van der Waals surface area contributed by atoms with Crippen molar-refractivity contribution in [1.29, 1.82) is 0 Å². The van der Waals surface area contributed by atoms with E-state index < -0.39 is 10.0 Å². The number of nitrogens with zero attached hydrogens (tertiary/aromatic N) is 1. The van der Waals surface area contributed by atoms with Gasteiger partial charge in [0.2, 0.25) is 15.9 Å². The number of carbonyl (C=O) groups excluding carboxylic acids is 2. The van der Waals surface area contributed by atoms with E-state index in [9.17, 15) is 18.0 Å². The van der Waals surface area contributed by atoms with E-state index >= 15 is 0 Å². The van der Waals surface area contributed by atoms with Gasteiger partial charge in [-0.15, -0.1) is 0 Å². The third-order valence-corrected chi connectivity index (χ3v) is 6.44. The molecule has 2 aromatic carbocycles. The molecule has 2 aromatic rings. The van der Waals surface area contributed by atoms with Crippen LogP contribution in [0.2, 0.25) is 0 Å². The number of hydrogen-bond acceptors (Lipinski definition) is 5. The first-order valence-electron chi connectivity index (χ1n) is 9.12. The van der Waals surface area contributed by atoms with Crippen molar-refractivity contribution < 1.29 is 22.7 Å². The molecule has 29 heavy (non-hydrogen) atoms. The third kappa shape index (κ3) is 5.00. The molecule has 0 aromatic heterocycles. The van der Waals surface area contributed by atoms with E-state index in [2.05, 4.69) is 10.6 Å². The van der Waals surface area contributed by atoms with Gasteiger partial charge in [0.05, 0.1) is 18.0 Å². The summed E-state index contributed by atoms with van der Waals surface area (Å²) in [6, 6.07) is 13.4. The van der Waals surface area contributed by atoms with Gasteiger partial charge in [-0.05, 0) is 29.3 Å². The lowest BCUT2D eigenvalue weighted by Gasteiger charge is -2.26. The Morgan fingerprint density at radius 3 is 2.66 bits per heavy atom. The molecule has 0 radical (unpaired) electrons. The van der Waals surface area contributed by atoms with Crippen molar-refractivity contribution in [2.45, 2.75) is 18.0 Å². The van der Waals surface area contributed by atoms with Crippen molar-refractivity contribution in [1.82, 2.24) is 14.9 Å². The molecule has 0 unspecified atom stereocenters. The minimum Gasteiger partial charge on any atom is -0.380 e. The number of piperazine rings is 1. The largest absolute Gasteiger partial charge is 0.380 e. The Kier molecular flexibility index (Phi) is 6.63. The van der Waals surface area contributed by atoms with Gasteiger partial charge in [0.1, 0.15) is 0 Å². The molecule has 0 spiro atoms. The first kappa shape index (κ1) is 21.0. The number of amides is 2. The van der Waals surface area contributed by atoms with E-state index in [1.165, 1.54) is 18.2 Å². The molecule has 9 heteroatoms. The lowest BCUT2D eigenvalue weighted by molar-refractivity contribution is -0.122. The fourth-order valence-corrected chi connectivity index (χ4v) is 4.51. The number of rotatable bonds is 7. The molecule has 2 N–H and O–H groups in total. The van der Waals surface area contributed by atoms with Crippen LogP contribution in [0.4, 0.5) is 0 Å². The predicted octanol–water partition coefficient (Wildman–Crippen LogP) is 0.883. The quantitative estimate of drug-likeness (QED) is 0.696. The summed E-state index contributed by atoms with van der Waals surface area (Å²) < 4.78 is 31.9. The van der Waals surface area contributed by atoms with E-state index in [-0.39, 0.29) is 41.9 Å². The average Bonchev–Trinajstić information content (AvgIpc) is 2.73. The Morgan fingerprint density at radius 2 is 1.93 bits per heavy atom. The molecule has 0 aliphatic carbocycles. The summed E-state index contributed by atoms with van der Waals surface area (Å²) >= 11 is 0. The van der Waals surface area contributed by atoms with Crippen molar-refractivity contribution in [3.8, 4) is 0 Å². The SMILES string of the molecule is COCc1ccccc1CNC(=O)c1cccc(S(=O)(=O)N2CCNC(=O)C2)c1. The number of hydrogen-bond donors (Lipinski definition) is 2. The minimum atomic E-state index is -3.86. The normalized spacial score (nSPS) is 15.0. The first-order valence-corrected chi connectivity index (χ1v) is 10.6. The number of nitrogens with one attached hydrogen (secondary N) is 2. The van der Waals surface area contributed by atoms with Crippen molar-refractivity contribution in [3.05, 3.63) is 65.2 Å². The fraction of sp³-hybridized carbons (Fsp3) is 0.300. The van der Waals surface area contributed by atoms with Gasteiger partial charge in [0.25, 0.3) is 5.91 Å². The second-order valence-corrected chi connectivity index (χ2v) is 8.54. The summed E-state index contributed by atoms with van der Waals surface area (Å²) in [4.78, 5) is 24.1. The molecular formula is C20H23N3O5S. The maximum atomic E-state index is 12.8. The molecule has 2 amide bonds. The maximum absolute atomic E-state index is 12.8. The van der Waals surface area contributed by atoms with Crippen molar-refractivity contribution in [2.24, 2.45) is 0 Å². The van der Waals surface area contributed by atoms with Crippen LogP contribution in [0.25, 0.3) is 0 Å². The van der Waals surface area contributed by atoms with E-state index in [4.69, 9.17) is 4.74 Å². The number of sulfonamides is 1. The Bertz CT molecular complexity index is 1010. The topological polar surface area (TPSA) is 105 Å². The Hall–Kier alpha value is -2.75. The molecule has 1 saturated heterocycles. The predicted molar refractivity (Wildman–Crippen MR) is 107 cm³/mol. The molecule has 1 heterocycles. The summed E-state index contributed by atoms with van der Waals surface area (Å²) in [5.74, 6) is -0.728. The Morgan fingerprint density at radius 1 is 1.17 bits per heavy atom. The number of benzene rings is 2. The van der Waals surface area contributed by atoms with Gasteiger partial charge in [-0.2, -0.15) is 4.31 Å². The van der Waals surface area contributed by atoms with Gasteiger partial charge in [0.15, 0.2) is 0 Å². The van der Waals surface area contributed by atoms with Gasteiger partial charge in [-0.3, -0.25) is 9.59 Å². The fourth-order valence-electron chi connectivity index (χ4n) is 3.07. The molecule has 1 aliphatic rings. The van der Waals surface area contributed by atoms with Crippen LogP contribution in [0.15, 0.2) is 53.4 Å². The Balaban J connectivity index is 1.74. The van der Waals surface area contributed by atoms with E-state index in [1.54, 1.807) is 13.2 Å². The summed E-state index contributed by atoms with van der Waals surface area (Å²) in [6.45, 7) is 0.958. The van der Waals surface area contributed by atoms with Crippen LogP contribution >= 0.6 is 0 Å². The first-order chi connectivity index (χ1) is 13.9. The molecule has 0 saturated carbocycles. The van der Waals surface area contributed by atoms with Gasteiger partial charge >= 0.3 is 0 Å². The van der Waals surface area contributed by atoms with Crippen molar-refractivity contribution in [3.63, 3.8) is 0 Å². The van der Waals surface area contributed by atoms with E-state index in [0.717, 1.165) is 15.4 Å². The van der Waals surface area contributed by atoms with Crippen LogP contribution in [-0.4, -0.2) is 51.3 Å². The zero-order valence-electron chi connectivity index (χ0n) is 16.1. The monoisotopic (exact) mass is 417 g/mol. The van der Waals surface area contributed by atoms with Crippen LogP contribution in [0.3, 0.4) is 0 Å². The van der Waals surface area contributed by atoms with Crippen molar-refractivity contribution in [2.75, 3.05) is 26.7 Å². The summed E-state index contributed by atoms with van der Waals surface area (Å²) in [5, 5.41) is 5.41. The number of carbonyl (C=O) groups is 2. The van der Waals surface area contributed by atoms with Gasteiger partial charge in [-0.1, -0.05) is 30.3 Å². The number of methoxy groups -OCH3 is 1. The smallest absolute Gasteiger partial charge is 0.251 e. The highest BCUT2D eigenvalue weighted by atomic mass is 32.2. The Labute approximate surface area is 169 Å². The van der Waals surface area contributed by atoms with Crippen molar-refractivity contribution >= 4 is 21.8 Å². The highest BCUT2D eigenvalue weighted by Gasteiger charge is 2.29. The molecule has 3 rings (SSSR count). The standard InChI is InChI=1S/C20H23N3O5S/c1-28-14-17-6-3-2-5-16(17)12-22-20(25)15-7-4-8-18(11-15)29(26,27)23-10-9-21-19(24)13-23/h2-8,11H,9-10,12-14H2,1H3,(H,21,24)(H,22,25). The van der Waals surface area contributed by atoms with Gasteiger partial charge in [-0.25, -0.2) is 8.42 Å². The molecule has 1 aliphatic heterocycles. The highest BCUT2D eigenvalue weighted by Crippen LogP contribution is 2.18. The summed E-state index contributed by atoms with van der Waals surface area (Å²) in [6.07, 6.45) is 0. The zero-order chi connectivity index (χ0) is 20.9. The molecule has 0 atom stereocenters. The van der Waals surface area contributed by atoms with E-state index in [0.29, 0.717) is 13.2 Å². The van der Waals surface area contributed by atoms with Crippen LogP contribution in [0.5, 0.6) is 0 Å². The van der Waals surface area contributed by atoms with Crippen LogP contribution in [0.1, 0.15) is 21.5 Å². The van der Waals surface area contributed by atoms with Gasteiger partial charge in [0, 0.05) is 32.3 Å². The lowest BCUT2D eigenvalue weighted by atomic mass is 10.1. The van der Waals surface area contributed by atoms with E-state index in [1.807, 2.05) is 24.3 Å². The molecule has 0 bridgehead atoms. The highest BCUT2D eigenvalue weighted by molar-refractivity contribution is 7.89. The average molecular weight is 417 g/mol.